The number of hydrogen-bond donors (Lipinski definition) is 2. The Balaban J connectivity index is 2.75. The van der Waals surface area contributed by atoms with E-state index in [4.69, 9.17) is 0 Å². The molecule has 2 N–H and O–H groups in total. The number of amides is 1. The number of halogens is 2. The molecule has 0 saturated heterocycles. The molecule has 0 aliphatic heterocycles. The molecular weight excluding hydrogens is 424 g/mol. The summed E-state index contributed by atoms with van der Waals surface area (Å²) in [5, 5.41) is 2.71. The Labute approximate surface area is 142 Å². The zero-order chi connectivity index (χ0) is 16.2. The number of hydrogen-bond acceptors (Lipinski definition) is 3. The van der Waals surface area contributed by atoms with Gasteiger partial charge in [0.1, 0.15) is 0 Å². The summed E-state index contributed by atoms with van der Waals surface area (Å²) in [6, 6.07) is 3.30. The van der Waals surface area contributed by atoms with Crippen molar-refractivity contribution in [3.8, 4) is 0 Å². The second kappa shape index (κ2) is 7.71. The Morgan fingerprint density at radius 1 is 1.24 bits per heavy atom. The molecule has 0 unspecified atom stereocenters. The number of nitrogens with one attached hydrogen (secondary N) is 2. The Morgan fingerprint density at radius 3 is 2.43 bits per heavy atom. The van der Waals surface area contributed by atoms with E-state index in [2.05, 4.69) is 41.9 Å². The van der Waals surface area contributed by atoms with Gasteiger partial charge in [-0.25, -0.2) is 13.1 Å². The van der Waals surface area contributed by atoms with Crippen LogP contribution in [0.4, 0.5) is 0 Å². The molecule has 0 saturated carbocycles. The fourth-order valence-corrected chi connectivity index (χ4v) is 4.31. The van der Waals surface area contributed by atoms with Crippen LogP contribution in [0.2, 0.25) is 0 Å². The van der Waals surface area contributed by atoms with Crippen LogP contribution in [0.3, 0.4) is 0 Å². The van der Waals surface area contributed by atoms with Gasteiger partial charge in [0.25, 0.3) is 0 Å². The summed E-state index contributed by atoms with van der Waals surface area (Å²) >= 11 is 6.57. The number of sulfonamides is 1. The van der Waals surface area contributed by atoms with Gasteiger partial charge >= 0.3 is 0 Å². The Bertz CT molecular complexity index is 631. The van der Waals surface area contributed by atoms with Crippen molar-refractivity contribution in [2.24, 2.45) is 0 Å². The van der Waals surface area contributed by atoms with Crippen LogP contribution in [0.15, 0.2) is 26.0 Å². The molecule has 0 aromatic heterocycles. The molecular formula is C13H18Br2N2O3S. The third kappa shape index (κ3) is 5.69. The molecule has 0 fully saturated rings. The van der Waals surface area contributed by atoms with E-state index in [9.17, 15) is 13.2 Å². The number of carbonyl (C=O) groups excluding carboxylic acids is 1. The van der Waals surface area contributed by atoms with Crippen LogP contribution in [0.25, 0.3) is 0 Å². The van der Waals surface area contributed by atoms with Crippen molar-refractivity contribution < 1.29 is 13.2 Å². The zero-order valence-corrected chi connectivity index (χ0v) is 16.0. The highest BCUT2D eigenvalue weighted by Crippen LogP contribution is 2.28. The Kier molecular flexibility index (Phi) is 6.83. The van der Waals surface area contributed by atoms with Crippen LogP contribution >= 0.6 is 31.9 Å². The maximum atomic E-state index is 12.2. The summed E-state index contributed by atoms with van der Waals surface area (Å²) in [6.45, 7) is 5.62. The van der Waals surface area contributed by atoms with E-state index in [1.54, 1.807) is 6.07 Å². The van der Waals surface area contributed by atoms with Crippen LogP contribution in [0.1, 0.15) is 25.8 Å². The van der Waals surface area contributed by atoms with Gasteiger partial charge in [-0.2, -0.15) is 0 Å². The molecule has 1 amide bonds. The lowest BCUT2D eigenvalue weighted by Crippen LogP contribution is -2.34. The first-order valence-electron chi connectivity index (χ1n) is 6.38. The van der Waals surface area contributed by atoms with Crippen molar-refractivity contribution in [3.05, 3.63) is 26.6 Å². The van der Waals surface area contributed by atoms with E-state index >= 15 is 0 Å². The molecule has 1 rings (SSSR count). The maximum absolute atomic E-state index is 12.2. The first kappa shape index (κ1) is 18.6. The average Bonchev–Trinajstić information content (AvgIpc) is 2.32. The van der Waals surface area contributed by atoms with Gasteiger partial charge in [0.2, 0.25) is 15.9 Å². The van der Waals surface area contributed by atoms with E-state index in [0.717, 1.165) is 5.56 Å². The van der Waals surface area contributed by atoms with Crippen LogP contribution in [0.5, 0.6) is 0 Å². The monoisotopic (exact) mass is 440 g/mol. The second-order valence-electron chi connectivity index (χ2n) is 4.90. The van der Waals surface area contributed by atoms with E-state index in [1.807, 2.05) is 20.8 Å². The molecule has 0 bridgehead atoms. The van der Waals surface area contributed by atoms with Crippen LogP contribution in [-0.2, 0) is 14.8 Å². The topological polar surface area (TPSA) is 75.3 Å². The third-order valence-electron chi connectivity index (χ3n) is 2.60. The molecule has 1 aromatic rings. The molecule has 0 spiro atoms. The van der Waals surface area contributed by atoms with Crippen molar-refractivity contribution in [3.63, 3.8) is 0 Å². The predicted octanol–water partition coefficient (Wildman–Crippen LogP) is 2.71. The van der Waals surface area contributed by atoms with E-state index in [1.165, 1.54) is 6.07 Å². The third-order valence-corrected chi connectivity index (χ3v) is 5.87. The molecule has 0 atom stereocenters. The minimum absolute atomic E-state index is 0.0382. The Hall–Kier alpha value is -0.440. The highest BCUT2D eigenvalue weighted by molar-refractivity contribution is 9.11. The van der Waals surface area contributed by atoms with E-state index < -0.39 is 10.0 Å². The van der Waals surface area contributed by atoms with Gasteiger partial charge in [0, 0.05) is 28.0 Å². The molecule has 0 heterocycles. The van der Waals surface area contributed by atoms with Crippen molar-refractivity contribution in [2.45, 2.75) is 38.1 Å². The lowest BCUT2D eigenvalue weighted by atomic mass is 10.2. The van der Waals surface area contributed by atoms with Crippen molar-refractivity contribution in [1.29, 1.82) is 0 Å². The number of aryl methyl sites for hydroxylation is 1. The molecule has 21 heavy (non-hydrogen) atoms. The SMILES string of the molecule is Cc1cc(Br)c(S(=O)(=O)NCCC(=O)NC(C)C)cc1Br. The van der Waals surface area contributed by atoms with Crippen LogP contribution < -0.4 is 10.0 Å². The summed E-state index contributed by atoms with van der Waals surface area (Å²) in [6.07, 6.45) is 0.0993. The molecule has 8 heteroatoms. The zero-order valence-electron chi connectivity index (χ0n) is 12.0. The number of rotatable bonds is 6. The predicted molar refractivity (Wildman–Crippen MR) is 89.7 cm³/mol. The minimum Gasteiger partial charge on any atom is -0.354 e. The molecule has 0 aliphatic rings. The quantitative estimate of drug-likeness (QED) is 0.712. The van der Waals surface area contributed by atoms with Gasteiger partial charge in [-0.05, 0) is 54.4 Å². The average molecular weight is 442 g/mol. The largest absolute Gasteiger partial charge is 0.354 e. The fourth-order valence-electron chi connectivity index (χ4n) is 1.60. The lowest BCUT2D eigenvalue weighted by molar-refractivity contribution is -0.121. The smallest absolute Gasteiger partial charge is 0.241 e. The first-order chi connectivity index (χ1) is 9.63. The van der Waals surface area contributed by atoms with Crippen LogP contribution in [-0.4, -0.2) is 26.9 Å². The van der Waals surface area contributed by atoms with Gasteiger partial charge in [-0.1, -0.05) is 15.9 Å². The second-order valence-corrected chi connectivity index (χ2v) is 8.35. The number of carbonyl (C=O) groups is 1. The van der Waals surface area contributed by atoms with Gasteiger partial charge in [-0.15, -0.1) is 0 Å². The molecule has 0 radical (unpaired) electrons. The van der Waals surface area contributed by atoms with E-state index in [0.29, 0.717) is 8.95 Å². The molecule has 118 valence electrons. The van der Waals surface area contributed by atoms with Gasteiger partial charge in [-0.3, -0.25) is 4.79 Å². The minimum atomic E-state index is -3.66. The summed E-state index contributed by atoms with van der Waals surface area (Å²) in [5.41, 5.74) is 0.928. The molecule has 5 nitrogen and oxygen atoms in total. The highest BCUT2D eigenvalue weighted by Gasteiger charge is 2.19. The summed E-state index contributed by atoms with van der Waals surface area (Å²) in [7, 11) is -3.66. The Morgan fingerprint density at radius 2 is 1.86 bits per heavy atom. The molecule has 1 aromatic carbocycles. The van der Waals surface area contributed by atoms with Crippen molar-refractivity contribution in [1.82, 2.24) is 10.0 Å². The molecule has 0 aliphatic carbocycles. The van der Waals surface area contributed by atoms with E-state index in [-0.39, 0.29) is 29.8 Å². The maximum Gasteiger partial charge on any atom is 0.241 e. The van der Waals surface area contributed by atoms with Crippen LogP contribution in [0, 0.1) is 6.92 Å². The fraction of sp³-hybridized carbons (Fsp3) is 0.462. The first-order valence-corrected chi connectivity index (χ1v) is 9.45. The standard InChI is InChI=1S/C13H18Br2N2O3S/c1-8(2)17-13(18)4-5-16-21(19,20)12-7-10(14)9(3)6-11(12)15/h6-8,16H,4-5H2,1-3H3,(H,17,18). The summed E-state index contributed by atoms with van der Waals surface area (Å²) in [5.74, 6) is -0.183. The summed E-state index contributed by atoms with van der Waals surface area (Å²) < 4.78 is 28.1. The van der Waals surface area contributed by atoms with Crippen molar-refractivity contribution in [2.75, 3.05) is 6.54 Å². The van der Waals surface area contributed by atoms with Crippen molar-refractivity contribution >= 4 is 47.8 Å². The van der Waals surface area contributed by atoms with Gasteiger partial charge in [0.05, 0.1) is 4.90 Å². The van der Waals surface area contributed by atoms with Gasteiger partial charge in [0.15, 0.2) is 0 Å². The summed E-state index contributed by atoms with van der Waals surface area (Å²) in [4.78, 5) is 11.6. The number of benzene rings is 1. The lowest BCUT2D eigenvalue weighted by Gasteiger charge is -2.11. The highest BCUT2D eigenvalue weighted by atomic mass is 79.9. The normalized spacial score (nSPS) is 11.7. The van der Waals surface area contributed by atoms with Gasteiger partial charge < -0.3 is 5.32 Å².